The Hall–Kier alpha value is -2.12. The number of ether oxygens (including phenoxy) is 2. The van der Waals surface area contributed by atoms with Crippen LogP contribution < -0.4 is 9.47 Å². The molecule has 2 aromatic rings. The average Bonchev–Trinajstić information content (AvgIpc) is 3.50. The molecule has 1 aliphatic rings. The molecule has 2 aromatic carbocycles. The van der Waals surface area contributed by atoms with Crippen LogP contribution in [-0.2, 0) is 23.0 Å². The van der Waals surface area contributed by atoms with Gasteiger partial charge in [-0.25, -0.2) is 12.8 Å². The van der Waals surface area contributed by atoms with Crippen LogP contribution in [0.1, 0.15) is 24.0 Å². The Bertz CT molecular complexity index is 879. The van der Waals surface area contributed by atoms with Crippen molar-refractivity contribution in [2.45, 2.75) is 31.8 Å². The summed E-state index contributed by atoms with van der Waals surface area (Å²) < 4.78 is 51.2. The molecule has 7 heteroatoms. The summed E-state index contributed by atoms with van der Waals surface area (Å²) in [5.41, 5.74) is 1.57. The zero-order valence-corrected chi connectivity index (χ0v) is 16.3. The first-order valence-corrected chi connectivity index (χ1v) is 10.5. The molecule has 0 aromatic heterocycles. The van der Waals surface area contributed by atoms with E-state index in [1.165, 1.54) is 12.1 Å². The maximum atomic E-state index is 13.0. The third-order valence-corrected chi connectivity index (χ3v) is 6.55. The molecule has 5 nitrogen and oxygen atoms in total. The zero-order valence-electron chi connectivity index (χ0n) is 15.5. The van der Waals surface area contributed by atoms with Gasteiger partial charge in [0.05, 0.1) is 20.0 Å². The van der Waals surface area contributed by atoms with Gasteiger partial charge in [0.1, 0.15) is 17.3 Å². The van der Waals surface area contributed by atoms with Crippen molar-refractivity contribution in [2.75, 3.05) is 20.0 Å². The number of benzene rings is 2. The van der Waals surface area contributed by atoms with Crippen molar-refractivity contribution >= 4 is 10.0 Å². The predicted molar refractivity (Wildman–Crippen MR) is 102 cm³/mol. The highest BCUT2D eigenvalue weighted by Crippen LogP contribution is 2.34. The molecule has 0 bridgehead atoms. The largest absolute Gasteiger partial charge is 0.497 e. The van der Waals surface area contributed by atoms with Gasteiger partial charge in [0.15, 0.2) is 0 Å². The average molecular weight is 393 g/mol. The zero-order chi connectivity index (χ0) is 19.4. The molecule has 0 heterocycles. The molecule has 1 fully saturated rings. The van der Waals surface area contributed by atoms with Crippen LogP contribution >= 0.6 is 0 Å². The molecule has 27 heavy (non-hydrogen) atoms. The van der Waals surface area contributed by atoms with E-state index in [1.807, 2.05) is 6.07 Å². The van der Waals surface area contributed by atoms with Crippen molar-refractivity contribution in [3.63, 3.8) is 0 Å². The molecule has 0 spiro atoms. The van der Waals surface area contributed by atoms with Gasteiger partial charge >= 0.3 is 0 Å². The van der Waals surface area contributed by atoms with Crippen LogP contribution in [0.2, 0.25) is 0 Å². The Morgan fingerprint density at radius 3 is 2.37 bits per heavy atom. The lowest BCUT2D eigenvalue weighted by Gasteiger charge is -2.23. The number of hydrogen-bond donors (Lipinski definition) is 0. The molecule has 146 valence electrons. The molecular formula is C20H24FNO4S. The second kappa shape index (κ2) is 8.27. The third kappa shape index (κ3) is 4.99. The van der Waals surface area contributed by atoms with Gasteiger partial charge in [-0.1, -0.05) is 12.1 Å². The normalized spacial score (nSPS) is 14.4. The van der Waals surface area contributed by atoms with E-state index < -0.39 is 10.0 Å². The molecule has 0 atom stereocenters. The van der Waals surface area contributed by atoms with E-state index in [1.54, 1.807) is 42.8 Å². The Morgan fingerprint density at radius 2 is 1.78 bits per heavy atom. The van der Waals surface area contributed by atoms with E-state index >= 15 is 0 Å². The number of sulfonamides is 1. The van der Waals surface area contributed by atoms with E-state index in [4.69, 9.17) is 9.47 Å². The van der Waals surface area contributed by atoms with Crippen LogP contribution in [0.5, 0.6) is 11.5 Å². The second-order valence-corrected chi connectivity index (χ2v) is 8.69. The van der Waals surface area contributed by atoms with Crippen molar-refractivity contribution in [3.05, 3.63) is 59.4 Å². The molecule has 1 aliphatic carbocycles. The van der Waals surface area contributed by atoms with E-state index in [9.17, 15) is 12.8 Å². The number of nitrogens with zero attached hydrogens (tertiary/aromatic N) is 1. The first-order chi connectivity index (χ1) is 12.9. The number of hydrogen-bond acceptors (Lipinski definition) is 4. The van der Waals surface area contributed by atoms with Crippen molar-refractivity contribution in [2.24, 2.45) is 0 Å². The van der Waals surface area contributed by atoms with Gasteiger partial charge in [0, 0.05) is 18.2 Å². The quantitative estimate of drug-likeness (QED) is 0.655. The summed E-state index contributed by atoms with van der Waals surface area (Å²) in [6, 6.07) is 11.3. The summed E-state index contributed by atoms with van der Waals surface area (Å²) in [4.78, 5) is 0. The third-order valence-electron chi connectivity index (χ3n) is 4.69. The minimum absolute atomic E-state index is 0.0125. The SMILES string of the molecule is COc1ccc(OC)c(CN(C2CC2)S(=O)(=O)CCc2ccc(F)cc2)c1. The highest BCUT2D eigenvalue weighted by atomic mass is 32.2. The number of aryl methyl sites for hydroxylation is 1. The number of halogens is 1. The van der Waals surface area contributed by atoms with Crippen molar-refractivity contribution < 1.29 is 22.3 Å². The molecule has 0 amide bonds. The molecule has 0 radical (unpaired) electrons. The van der Waals surface area contributed by atoms with Crippen LogP contribution in [0.15, 0.2) is 42.5 Å². The topological polar surface area (TPSA) is 55.8 Å². The molecule has 0 unspecified atom stereocenters. The minimum atomic E-state index is -3.47. The van der Waals surface area contributed by atoms with E-state index in [-0.39, 0.29) is 24.2 Å². The van der Waals surface area contributed by atoms with Crippen LogP contribution in [-0.4, -0.2) is 38.7 Å². The van der Waals surface area contributed by atoms with Gasteiger partial charge < -0.3 is 9.47 Å². The standard InChI is InChI=1S/C20H24FNO4S/c1-25-19-9-10-20(26-2)16(13-19)14-22(18-7-8-18)27(23,24)12-11-15-3-5-17(21)6-4-15/h3-6,9-10,13,18H,7-8,11-12,14H2,1-2H3. The lowest BCUT2D eigenvalue weighted by atomic mass is 10.2. The van der Waals surface area contributed by atoms with Crippen molar-refractivity contribution in [3.8, 4) is 11.5 Å². The highest BCUT2D eigenvalue weighted by molar-refractivity contribution is 7.89. The fourth-order valence-electron chi connectivity index (χ4n) is 3.01. The summed E-state index contributed by atoms with van der Waals surface area (Å²) in [6.45, 7) is 0.247. The van der Waals surface area contributed by atoms with E-state index in [0.29, 0.717) is 17.9 Å². The van der Waals surface area contributed by atoms with Gasteiger partial charge in [-0.3, -0.25) is 0 Å². The van der Waals surface area contributed by atoms with Gasteiger partial charge in [0.2, 0.25) is 10.0 Å². The summed E-state index contributed by atoms with van der Waals surface area (Å²) in [5.74, 6) is 0.952. The smallest absolute Gasteiger partial charge is 0.214 e. The number of methoxy groups -OCH3 is 2. The van der Waals surface area contributed by atoms with Gasteiger partial charge in [-0.15, -0.1) is 0 Å². The fourth-order valence-corrected chi connectivity index (χ4v) is 4.73. The van der Waals surface area contributed by atoms with Crippen LogP contribution in [0, 0.1) is 5.82 Å². The summed E-state index contributed by atoms with van der Waals surface area (Å²) in [5, 5.41) is 0. The summed E-state index contributed by atoms with van der Waals surface area (Å²) in [6.07, 6.45) is 2.07. The Kier molecular flexibility index (Phi) is 6.01. The van der Waals surface area contributed by atoms with E-state index in [2.05, 4.69) is 0 Å². The second-order valence-electron chi connectivity index (χ2n) is 6.65. The molecule has 0 N–H and O–H groups in total. The lowest BCUT2D eigenvalue weighted by Crippen LogP contribution is -2.35. The maximum absolute atomic E-state index is 13.0. The predicted octanol–water partition coefficient (Wildman–Crippen LogP) is 3.38. The highest BCUT2D eigenvalue weighted by Gasteiger charge is 2.37. The van der Waals surface area contributed by atoms with E-state index in [0.717, 1.165) is 24.0 Å². The molecule has 1 saturated carbocycles. The summed E-state index contributed by atoms with van der Waals surface area (Å²) >= 11 is 0. The molecule has 3 rings (SSSR count). The maximum Gasteiger partial charge on any atom is 0.214 e. The van der Waals surface area contributed by atoms with Crippen LogP contribution in [0.4, 0.5) is 4.39 Å². The molecular weight excluding hydrogens is 369 g/mol. The number of rotatable bonds is 9. The van der Waals surface area contributed by atoms with Crippen molar-refractivity contribution in [1.29, 1.82) is 0 Å². The van der Waals surface area contributed by atoms with Crippen LogP contribution in [0.3, 0.4) is 0 Å². The lowest BCUT2D eigenvalue weighted by molar-refractivity contribution is 0.369. The van der Waals surface area contributed by atoms with Crippen molar-refractivity contribution in [1.82, 2.24) is 4.31 Å². The van der Waals surface area contributed by atoms with Gasteiger partial charge in [-0.05, 0) is 55.2 Å². The minimum Gasteiger partial charge on any atom is -0.497 e. The first kappa shape index (κ1) is 19.6. The van der Waals surface area contributed by atoms with Crippen LogP contribution in [0.25, 0.3) is 0 Å². The Balaban J connectivity index is 1.77. The molecule has 0 saturated heterocycles. The molecule has 0 aliphatic heterocycles. The monoisotopic (exact) mass is 393 g/mol. The van der Waals surface area contributed by atoms with Gasteiger partial charge in [0.25, 0.3) is 0 Å². The summed E-state index contributed by atoms with van der Waals surface area (Å²) in [7, 11) is -0.329. The first-order valence-electron chi connectivity index (χ1n) is 8.88. The van der Waals surface area contributed by atoms with Gasteiger partial charge in [-0.2, -0.15) is 4.31 Å². The Morgan fingerprint density at radius 1 is 1.07 bits per heavy atom. The Labute approximate surface area is 159 Å². The fraction of sp³-hybridized carbons (Fsp3) is 0.400.